The van der Waals surface area contributed by atoms with Crippen molar-refractivity contribution in [1.29, 1.82) is 0 Å². The molecule has 1 unspecified atom stereocenters. The zero-order chi connectivity index (χ0) is 12.5. The molecule has 4 heteroatoms. The number of amides is 1. The van der Waals surface area contributed by atoms with E-state index in [1.165, 1.54) is 0 Å². The van der Waals surface area contributed by atoms with Crippen LogP contribution in [0.5, 0.6) is 0 Å². The molecule has 1 aromatic rings. The van der Waals surface area contributed by atoms with Crippen LogP contribution in [0.1, 0.15) is 26.2 Å². The van der Waals surface area contributed by atoms with Gasteiger partial charge in [-0.2, -0.15) is 0 Å². The van der Waals surface area contributed by atoms with Crippen LogP contribution in [0.3, 0.4) is 0 Å². The molecule has 1 aliphatic carbocycles. The molecule has 1 saturated carbocycles. The average molecular weight is 297 g/mol. The Morgan fingerprint density at radius 2 is 2.29 bits per heavy atom. The first kappa shape index (κ1) is 12.4. The Kier molecular flexibility index (Phi) is 3.43. The molecule has 0 aliphatic heterocycles. The molecule has 1 aliphatic rings. The second-order valence-electron chi connectivity index (χ2n) is 4.60. The van der Waals surface area contributed by atoms with Crippen molar-refractivity contribution < 1.29 is 4.79 Å². The van der Waals surface area contributed by atoms with Crippen LogP contribution in [0.15, 0.2) is 28.7 Å². The van der Waals surface area contributed by atoms with Crippen molar-refractivity contribution in [3.8, 4) is 0 Å². The SMILES string of the molecule is CCC(Nc1cccc(Br)c1)(C(N)=O)C1CC1. The molecule has 2 rings (SSSR count). The Hall–Kier alpha value is -1.03. The maximum absolute atomic E-state index is 11.8. The van der Waals surface area contributed by atoms with Crippen molar-refractivity contribution in [2.75, 3.05) is 5.32 Å². The normalized spacial score (nSPS) is 18.5. The molecule has 17 heavy (non-hydrogen) atoms. The lowest BCUT2D eigenvalue weighted by Crippen LogP contribution is -2.52. The number of hydrogen-bond donors (Lipinski definition) is 2. The maximum atomic E-state index is 11.8. The van der Waals surface area contributed by atoms with Crippen LogP contribution in [-0.4, -0.2) is 11.4 Å². The van der Waals surface area contributed by atoms with Crippen molar-refractivity contribution in [3.05, 3.63) is 28.7 Å². The average Bonchev–Trinajstić information content (AvgIpc) is 3.09. The molecule has 3 N–H and O–H groups in total. The summed E-state index contributed by atoms with van der Waals surface area (Å²) in [5, 5.41) is 3.34. The van der Waals surface area contributed by atoms with E-state index in [1.54, 1.807) is 0 Å². The molecular formula is C13H17BrN2O. The lowest BCUT2D eigenvalue weighted by molar-refractivity contribution is -0.123. The number of nitrogens with two attached hydrogens (primary N) is 1. The van der Waals surface area contributed by atoms with Crippen LogP contribution < -0.4 is 11.1 Å². The van der Waals surface area contributed by atoms with E-state index in [-0.39, 0.29) is 5.91 Å². The number of nitrogens with one attached hydrogen (secondary N) is 1. The molecule has 1 amide bonds. The summed E-state index contributed by atoms with van der Waals surface area (Å²) in [6.07, 6.45) is 2.88. The third-order valence-electron chi connectivity index (χ3n) is 3.46. The van der Waals surface area contributed by atoms with Gasteiger partial charge in [0.1, 0.15) is 5.54 Å². The molecule has 0 radical (unpaired) electrons. The van der Waals surface area contributed by atoms with Crippen molar-refractivity contribution in [2.45, 2.75) is 31.7 Å². The van der Waals surface area contributed by atoms with Crippen LogP contribution in [-0.2, 0) is 4.79 Å². The highest BCUT2D eigenvalue weighted by Gasteiger charge is 2.48. The van der Waals surface area contributed by atoms with Gasteiger partial charge in [0.05, 0.1) is 0 Å². The van der Waals surface area contributed by atoms with Gasteiger partial charge < -0.3 is 11.1 Å². The van der Waals surface area contributed by atoms with Gasteiger partial charge in [-0.3, -0.25) is 4.79 Å². The summed E-state index contributed by atoms with van der Waals surface area (Å²) in [4.78, 5) is 11.8. The smallest absolute Gasteiger partial charge is 0.243 e. The molecule has 0 heterocycles. The standard InChI is InChI=1S/C13H17BrN2O/c1-2-13(12(15)17,9-6-7-9)16-11-5-3-4-10(14)8-11/h3-5,8-9,16H,2,6-7H2,1H3,(H2,15,17). The number of rotatable bonds is 5. The van der Waals surface area contributed by atoms with Gasteiger partial charge in [0, 0.05) is 10.2 Å². The summed E-state index contributed by atoms with van der Waals surface area (Å²) in [5.74, 6) is 0.131. The lowest BCUT2D eigenvalue weighted by Gasteiger charge is -2.32. The fourth-order valence-electron chi connectivity index (χ4n) is 2.32. The largest absolute Gasteiger partial charge is 0.371 e. The molecule has 3 nitrogen and oxygen atoms in total. The number of carbonyl (C=O) groups excluding carboxylic acids is 1. The Morgan fingerprint density at radius 3 is 2.76 bits per heavy atom. The first-order valence-corrected chi connectivity index (χ1v) is 6.71. The molecular weight excluding hydrogens is 280 g/mol. The number of primary amides is 1. The van der Waals surface area contributed by atoms with Gasteiger partial charge in [-0.05, 0) is 43.4 Å². The molecule has 1 aromatic carbocycles. The number of hydrogen-bond acceptors (Lipinski definition) is 2. The van der Waals surface area contributed by atoms with Crippen molar-refractivity contribution in [3.63, 3.8) is 0 Å². The van der Waals surface area contributed by atoms with Gasteiger partial charge in [0.15, 0.2) is 0 Å². The molecule has 1 fully saturated rings. The Morgan fingerprint density at radius 1 is 1.59 bits per heavy atom. The summed E-state index contributed by atoms with van der Waals surface area (Å²) >= 11 is 3.43. The number of benzene rings is 1. The van der Waals surface area contributed by atoms with Gasteiger partial charge >= 0.3 is 0 Å². The first-order valence-electron chi connectivity index (χ1n) is 5.92. The summed E-state index contributed by atoms with van der Waals surface area (Å²) in [5.41, 5.74) is 5.95. The number of anilines is 1. The van der Waals surface area contributed by atoms with Gasteiger partial charge in [-0.25, -0.2) is 0 Å². The van der Waals surface area contributed by atoms with Crippen molar-refractivity contribution in [2.24, 2.45) is 11.7 Å². The summed E-state index contributed by atoms with van der Waals surface area (Å²) in [7, 11) is 0. The lowest BCUT2D eigenvalue weighted by atomic mass is 9.89. The number of halogens is 1. The quantitative estimate of drug-likeness (QED) is 0.878. The van der Waals surface area contributed by atoms with Crippen LogP contribution in [0.4, 0.5) is 5.69 Å². The topological polar surface area (TPSA) is 55.1 Å². The highest BCUT2D eigenvalue weighted by molar-refractivity contribution is 9.10. The van der Waals surface area contributed by atoms with E-state index in [0.717, 1.165) is 29.4 Å². The van der Waals surface area contributed by atoms with E-state index in [2.05, 4.69) is 21.2 Å². The van der Waals surface area contributed by atoms with E-state index >= 15 is 0 Å². The predicted octanol–water partition coefficient (Wildman–Crippen LogP) is 2.91. The number of carbonyl (C=O) groups is 1. The third kappa shape index (κ3) is 2.46. The van der Waals surface area contributed by atoms with Crippen molar-refractivity contribution >= 4 is 27.5 Å². The van der Waals surface area contributed by atoms with Gasteiger partial charge in [0.25, 0.3) is 0 Å². The minimum Gasteiger partial charge on any atom is -0.371 e. The monoisotopic (exact) mass is 296 g/mol. The van der Waals surface area contributed by atoms with Gasteiger partial charge in [-0.1, -0.05) is 28.9 Å². The predicted molar refractivity (Wildman–Crippen MR) is 72.7 cm³/mol. The zero-order valence-corrected chi connectivity index (χ0v) is 11.5. The first-order chi connectivity index (χ1) is 8.08. The molecule has 92 valence electrons. The van der Waals surface area contributed by atoms with Crippen molar-refractivity contribution in [1.82, 2.24) is 0 Å². The zero-order valence-electron chi connectivity index (χ0n) is 9.87. The van der Waals surface area contributed by atoms with Crippen LogP contribution in [0, 0.1) is 5.92 Å². The van der Waals surface area contributed by atoms with E-state index in [9.17, 15) is 4.79 Å². The summed E-state index contributed by atoms with van der Waals surface area (Å²) in [6.45, 7) is 2.01. The fourth-order valence-corrected chi connectivity index (χ4v) is 2.72. The maximum Gasteiger partial charge on any atom is 0.243 e. The highest BCUT2D eigenvalue weighted by atomic mass is 79.9. The molecule has 0 bridgehead atoms. The second-order valence-corrected chi connectivity index (χ2v) is 5.51. The Balaban J connectivity index is 2.26. The molecule has 0 spiro atoms. The Labute approximate surface area is 110 Å². The van der Waals surface area contributed by atoms with E-state index < -0.39 is 5.54 Å². The van der Waals surface area contributed by atoms with E-state index in [4.69, 9.17) is 5.73 Å². The van der Waals surface area contributed by atoms with E-state index in [1.807, 2.05) is 31.2 Å². The molecule has 0 saturated heterocycles. The third-order valence-corrected chi connectivity index (χ3v) is 3.96. The van der Waals surface area contributed by atoms with Crippen LogP contribution in [0.25, 0.3) is 0 Å². The van der Waals surface area contributed by atoms with Gasteiger partial charge in [0.2, 0.25) is 5.91 Å². The summed E-state index contributed by atoms with van der Waals surface area (Å²) in [6, 6.07) is 7.83. The highest BCUT2D eigenvalue weighted by Crippen LogP contribution is 2.43. The minimum atomic E-state index is -0.583. The molecule has 1 atom stereocenters. The molecule has 0 aromatic heterocycles. The Bertz CT molecular complexity index is 431. The van der Waals surface area contributed by atoms with Gasteiger partial charge in [-0.15, -0.1) is 0 Å². The van der Waals surface area contributed by atoms with Crippen LogP contribution in [0.2, 0.25) is 0 Å². The van der Waals surface area contributed by atoms with E-state index in [0.29, 0.717) is 5.92 Å². The minimum absolute atomic E-state index is 0.248. The second kappa shape index (κ2) is 4.69. The fraction of sp³-hybridized carbons (Fsp3) is 0.462. The van der Waals surface area contributed by atoms with Crippen LogP contribution >= 0.6 is 15.9 Å². The summed E-state index contributed by atoms with van der Waals surface area (Å²) < 4.78 is 0.993.